The van der Waals surface area contributed by atoms with Crippen LogP contribution in [0.25, 0.3) is 0 Å². The highest BCUT2D eigenvalue weighted by Crippen LogP contribution is 2.23. The molecule has 86 valence electrons. The summed E-state index contributed by atoms with van der Waals surface area (Å²) in [5.74, 6) is -0.130. The smallest absolute Gasteiger partial charge is 0.261 e. The van der Waals surface area contributed by atoms with Crippen LogP contribution in [0.5, 0.6) is 0 Å². The second-order valence-corrected chi connectivity index (χ2v) is 4.57. The zero-order valence-electron chi connectivity index (χ0n) is 9.71. The summed E-state index contributed by atoms with van der Waals surface area (Å²) in [5.41, 5.74) is 7.98. The van der Waals surface area contributed by atoms with Gasteiger partial charge in [0.1, 0.15) is 5.84 Å². The van der Waals surface area contributed by atoms with E-state index >= 15 is 0 Å². The van der Waals surface area contributed by atoms with Crippen molar-refractivity contribution in [1.82, 2.24) is 4.57 Å². The third-order valence-electron chi connectivity index (χ3n) is 3.10. The molecule has 4 nitrogen and oxygen atoms in total. The Morgan fingerprint density at radius 3 is 2.75 bits per heavy atom. The molecule has 0 atom stereocenters. The number of nitrogens with two attached hydrogens (primary N) is 1. The molecule has 1 aliphatic rings. The Morgan fingerprint density at radius 1 is 1.50 bits per heavy atom. The highest BCUT2D eigenvalue weighted by atomic mass is 16.1. The van der Waals surface area contributed by atoms with Gasteiger partial charge < -0.3 is 10.3 Å². The van der Waals surface area contributed by atoms with Gasteiger partial charge in [-0.25, -0.2) is 0 Å². The maximum absolute atomic E-state index is 12.2. The van der Waals surface area contributed by atoms with Gasteiger partial charge in [0.25, 0.3) is 5.56 Å². The van der Waals surface area contributed by atoms with Crippen LogP contribution in [0.4, 0.5) is 0 Å². The highest BCUT2D eigenvalue weighted by Gasteiger charge is 2.21. The number of amidine groups is 1. The Labute approximate surface area is 94.6 Å². The third kappa shape index (κ3) is 1.54. The number of hydrogen-bond acceptors (Lipinski definition) is 2. The van der Waals surface area contributed by atoms with Crippen LogP contribution in [0.2, 0.25) is 0 Å². The van der Waals surface area contributed by atoms with Crippen LogP contribution in [-0.4, -0.2) is 10.4 Å². The van der Waals surface area contributed by atoms with Gasteiger partial charge in [0.2, 0.25) is 0 Å². The first kappa shape index (κ1) is 10.9. The van der Waals surface area contributed by atoms with E-state index in [1.807, 2.05) is 13.8 Å². The number of fused-ring (bicyclic) bond motifs is 1. The molecule has 1 aliphatic carbocycles. The molecular weight excluding hydrogens is 202 g/mol. The second-order valence-electron chi connectivity index (χ2n) is 4.57. The summed E-state index contributed by atoms with van der Waals surface area (Å²) in [4.78, 5) is 12.2. The molecule has 0 fully saturated rings. The van der Waals surface area contributed by atoms with E-state index in [2.05, 4.69) is 0 Å². The molecule has 1 aromatic heterocycles. The van der Waals surface area contributed by atoms with Crippen LogP contribution in [0.15, 0.2) is 10.9 Å². The van der Waals surface area contributed by atoms with Crippen molar-refractivity contribution in [3.8, 4) is 0 Å². The Balaban J connectivity index is 2.75. The van der Waals surface area contributed by atoms with E-state index < -0.39 is 0 Å². The number of aromatic nitrogens is 1. The van der Waals surface area contributed by atoms with Gasteiger partial charge in [-0.3, -0.25) is 10.2 Å². The molecule has 0 aromatic carbocycles. The molecule has 0 saturated carbocycles. The van der Waals surface area contributed by atoms with E-state index in [0.717, 1.165) is 25.0 Å². The Morgan fingerprint density at radius 2 is 2.19 bits per heavy atom. The Bertz CT molecular complexity index is 500. The molecule has 4 heteroatoms. The Kier molecular flexibility index (Phi) is 2.58. The quantitative estimate of drug-likeness (QED) is 0.579. The molecule has 0 spiro atoms. The van der Waals surface area contributed by atoms with Crippen LogP contribution in [-0.2, 0) is 12.8 Å². The summed E-state index contributed by atoms with van der Waals surface area (Å²) in [7, 11) is 0. The van der Waals surface area contributed by atoms with Gasteiger partial charge in [-0.15, -0.1) is 0 Å². The van der Waals surface area contributed by atoms with E-state index in [-0.39, 0.29) is 17.4 Å². The van der Waals surface area contributed by atoms with Gasteiger partial charge in [0.15, 0.2) is 0 Å². The number of hydrogen-bond donors (Lipinski definition) is 2. The first-order chi connectivity index (χ1) is 7.52. The van der Waals surface area contributed by atoms with Crippen molar-refractivity contribution in [2.24, 2.45) is 5.73 Å². The molecule has 16 heavy (non-hydrogen) atoms. The molecule has 0 unspecified atom stereocenters. The number of nitrogen functional groups attached to an aromatic ring is 1. The molecule has 0 radical (unpaired) electrons. The first-order valence-electron chi connectivity index (χ1n) is 5.64. The van der Waals surface area contributed by atoms with Gasteiger partial charge in [0.05, 0.1) is 5.56 Å². The van der Waals surface area contributed by atoms with Crippen LogP contribution in [0.1, 0.15) is 43.1 Å². The van der Waals surface area contributed by atoms with Crippen molar-refractivity contribution in [3.05, 3.63) is 33.2 Å². The second kappa shape index (κ2) is 3.77. The van der Waals surface area contributed by atoms with E-state index in [1.54, 1.807) is 10.6 Å². The minimum Gasteiger partial charge on any atom is -0.384 e. The summed E-state index contributed by atoms with van der Waals surface area (Å²) in [6.45, 7) is 3.98. The van der Waals surface area contributed by atoms with Crippen molar-refractivity contribution in [1.29, 1.82) is 5.41 Å². The SMILES string of the molecule is CC(C)n1c2c(cc(C(=N)N)c1=O)CCC2. The largest absolute Gasteiger partial charge is 0.384 e. The lowest BCUT2D eigenvalue weighted by atomic mass is 10.1. The number of nitrogens with zero attached hydrogens (tertiary/aromatic N) is 1. The predicted octanol–water partition coefficient (Wildman–Crippen LogP) is 1.20. The Hall–Kier alpha value is -1.58. The van der Waals surface area contributed by atoms with Crippen molar-refractivity contribution in [3.63, 3.8) is 0 Å². The molecule has 2 rings (SSSR count). The minimum atomic E-state index is -0.130. The minimum absolute atomic E-state index is 0.122. The van der Waals surface area contributed by atoms with E-state index in [9.17, 15) is 4.79 Å². The zero-order valence-corrected chi connectivity index (χ0v) is 9.71. The van der Waals surface area contributed by atoms with E-state index in [1.165, 1.54) is 5.56 Å². The first-order valence-corrected chi connectivity index (χ1v) is 5.64. The van der Waals surface area contributed by atoms with Gasteiger partial charge in [0, 0.05) is 11.7 Å². The molecule has 0 aliphatic heterocycles. The summed E-state index contributed by atoms with van der Waals surface area (Å²) in [5, 5.41) is 7.44. The van der Waals surface area contributed by atoms with Crippen LogP contribution < -0.4 is 11.3 Å². The normalized spacial score (nSPS) is 14.2. The summed E-state index contributed by atoms with van der Waals surface area (Å²) in [6.07, 6.45) is 3.03. The monoisotopic (exact) mass is 219 g/mol. The molecule has 0 amide bonds. The fourth-order valence-corrected chi connectivity index (χ4v) is 2.41. The maximum Gasteiger partial charge on any atom is 0.261 e. The standard InChI is InChI=1S/C12H17N3O/c1-7(2)15-10-5-3-4-8(10)6-9(11(13)14)12(15)16/h6-7H,3-5H2,1-2H3,(H3,13,14). The molecular formula is C12H17N3O. The van der Waals surface area contributed by atoms with Crippen molar-refractivity contribution in [2.75, 3.05) is 0 Å². The maximum atomic E-state index is 12.2. The number of rotatable bonds is 2. The van der Waals surface area contributed by atoms with Crippen molar-refractivity contribution < 1.29 is 0 Å². The van der Waals surface area contributed by atoms with Crippen molar-refractivity contribution in [2.45, 2.75) is 39.2 Å². The molecule has 0 saturated heterocycles. The van der Waals surface area contributed by atoms with E-state index in [4.69, 9.17) is 11.1 Å². The topological polar surface area (TPSA) is 71.9 Å². The number of pyridine rings is 1. The fraction of sp³-hybridized carbons (Fsp3) is 0.500. The zero-order chi connectivity index (χ0) is 11.9. The highest BCUT2D eigenvalue weighted by molar-refractivity contribution is 5.94. The average molecular weight is 219 g/mol. The summed E-state index contributed by atoms with van der Waals surface area (Å²) < 4.78 is 1.79. The van der Waals surface area contributed by atoms with Gasteiger partial charge in [-0.05, 0) is 44.7 Å². The predicted molar refractivity (Wildman–Crippen MR) is 64.1 cm³/mol. The number of nitrogens with one attached hydrogen (secondary N) is 1. The van der Waals surface area contributed by atoms with Gasteiger partial charge >= 0.3 is 0 Å². The average Bonchev–Trinajstić information content (AvgIpc) is 2.62. The number of aryl methyl sites for hydroxylation is 1. The van der Waals surface area contributed by atoms with Crippen LogP contribution in [0.3, 0.4) is 0 Å². The lowest BCUT2D eigenvalue weighted by Crippen LogP contribution is -2.32. The summed E-state index contributed by atoms with van der Waals surface area (Å²) in [6, 6.07) is 1.92. The lowest BCUT2D eigenvalue weighted by Gasteiger charge is -2.17. The molecule has 3 N–H and O–H groups in total. The van der Waals surface area contributed by atoms with Crippen LogP contribution >= 0.6 is 0 Å². The molecule has 0 bridgehead atoms. The van der Waals surface area contributed by atoms with Crippen molar-refractivity contribution >= 4 is 5.84 Å². The molecule has 1 heterocycles. The lowest BCUT2D eigenvalue weighted by molar-refractivity contribution is 0.553. The van der Waals surface area contributed by atoms with E-state index in [0.29, 0.717) is 5.56 Å². The molecule has 1 aromatic rings. The van der Waals surface area contributed by atoms with Gasteiger partial charge in [-0.1, -0.05) is 0 Å². The summed E-state index contributed by atoms with van der Waals surface area (Å²) >= 11 is 0. The van der Waals surface area contributed by atoms with Crippen LogP contribution in [0, 0.1) is 5.41 Å². The third-order valence-corrected chi connectivity index (χ3v) is 3.10. The van der Waals surface area contributed by atoms with Gasteiger partial charge in [-0.2, -0.15) is 0 Å². The fourth-order valence-electron chi connectivity index (χ4n) is 2.41.